The van der Waals surface area contributed by atoms with Crippen LogP contribution in [0.3, 0.4) is 0 Å². The fourth-order valence-electron chi connectivity index (χ4n) is 2.21. The van der Waals surface area contributed by atoms with Crippen LogP contribution in [0.2, 0.25) is 0 Å². The maximum Gasteiger partial charge on any atom is 0.202 e. The van der Waals surface area contributed by atoms with E-state index in [4.69, 9.17) is 4.74 Å². The van der Waals surface area contributed by atoms with E-state index in [1.165, 1.54) is 7.11 Å². The maximum atomic E-state index is 13.9. The van der Waals surface area contributed by atoms with E-state index in [-0.39, 0.29) is 11.7 Å². The van der Waals surface area contributed by atoms with Gasteiger partial charge in [-0.3, -0.25) is 0 Å². The zero-order valence-electron chi connectivity index (χ0n) is 9.53. The van der Waals surface area contributed by atoms with Gasteiger partial charge in [-0.05, 0) is 59.4 Å². The van der Waals surface area contributed by atoms with Crippen LogP contribution in [-0.2, 0) is 0 Å². The first kappa shape index (κ1) is 12.8. The zero-order chi connectivity index (χ0) is 12.4. The summed E-state index contributed by atoms with van der Waals surface area (Å²) in [5.74, 6) is -1.68. The SMILES string of the molecule is COc1c(Br)cc(C2CCNCC2)c(F)c1F. The molecule has 1 aromatic carbocycles. The second-order valence-corrected chi connectivity index (χ2v) is 4.99. The van der Waals surface area contributed by atoms with Crippen LogP contribution in [0.25, 0.3) is 0 Å². The molecule has 1 aliphatic heterocycles. The highest BCUT2D eigenvalue weighted by Crippen LogP contribution is 2.37. The summed E-state index contributed by atoms with van der Waals surface area (Å²) in [5.41, 5.74) is 0.441. The molecule has 1 aromatic rings. The van der Waals surface area contributed by atoms with Gasteiger partial charge in [-0.25, -0.2) is 4.39 Å². The minimum absolute atomic E-state index is 0.0693. The minimum Gasteiger partial charge on any atom is -0.492 e. The molecule has 5 heteroatoms. The molecular weight excluding hydrogens is 292 g/mol. The van der Waals surface area contributed by atoms with Crippen molar-refractivity contribution >= 4 is 15.9 Å². The van der Waals surface area contributed by atoms with Crippen molar-refractivity contribution < 1.29 is 13.5 Å². The summed E-state index contributed by atoms with van der Waals surface area (Å²) in [4.78, 5) is 0. The second-order valence-electron chi connectivity index (χ2n) is 4.13. The lowest BCUT2D eigenvalue weighted by Gasteiger charge is -2.24. The van der Waals surface area contributed by atoms with Crippen molar-refractivity contribution in [1.29, 1.82) is 0 Å². The van der Waals surface area contributed by atoms with Gasteiger partial charge in [0.15, 0.2) is 11.6 Å². The summed E-state index contributed by atoms with van der Waals surface area (Å²) in [6, 6.07) is 1.63. The van der Waals surface area contributed by atoms with E-state index in [2.05, 4.69) is 21.2 Å². The first-order chi connectivity index (χ1) is 8.15. The van der Waals surface area contributed by atoms with Gasteiger partial charge in [-0.15, -0.1) is 0 Å². The van der Waals surface area contributed by atoms with Crippen LogP contribution in [0.4, 0.5) is 8.78 Å². The van der Waals surface area contributed by atoms with E-state index in [0.717, 1.165) is 25.9 Å². The Balaban J connectivity index is 2.40. The Morgan fingerprint density at radius 3 is 2.53 bits per heavy atom. The predicted octanol–water partition coefficient (Wildman–Crippen LogP) is 3.20. The van der Waals surface area contributed by atoms with Crippen LogP contribution < -0.4 is 10.1 Å². The molecule has 1 heterocycles. The number of hydrogen-bond acceptors (Lipinski definition) is 2. The van der Waals surface area contributed by atoms with Gasteiger partial charge in [0, 0.05) is 0 Å². The number of rotatable bonds is 2. The zero-order valence-corrected chi connectivity index (χ0v) is 11.1. The molecule has 0 atom stereocenters. The molecule has 0 aromatic heterocycles. The molecule has 0 spiro atoms. The lowest BCUT2D eigenvalue weighted by molar-refractivity contribution is 0.362. The molecule has 0 amide bonds. The minimum atomic E-state index is -0.907. The van der Waals surface area contributed by atoms with Gasteiger partial charge in [-0.1, -0.05) is 0 Å². The van der Waals surface area contributed by atoms with E-state index in [1.54, 1.807) is 6.07 Å². The molecule has 1 N–H and O–H groups in total. The van der Waals surface area contributed by atoms with Gasteiger partial charge in [0.05, 0.1) is 11.6 Å². The molecule has 0 bridgehead atoms. The van der Waals surface area contributed by atoms with Crippen LogP contribution in [-0.4, -0.2) is 20.2 Å². The van der Waals surface area contributed by atoms with Crippen LogP contribution in [0.1, 0.15) is 24.3 Å². The third-order valence-corrected chi connectivity index (χ3v) is 3.72. The van der Waals surface area contributed by atoms with Crippen molar-refractivity contribution in [2.45, 2.75) is 18.8 Å². The Labute approximate surface area is 107 Å². The molecule has 94 valence electrons. The Morgan fingerprint density at radius 2 is 1.94 bits per heavy atom. The number of nitrogens with one attached hydrogen (secondary N) is 1. The lowest BCUT2D eigenvalue weighted by Crippen LogP contribution is -2.27. The molecule has 1 saturated heterocycles. The van der Waals surface area contributed by atoms with Gasteiger partial charge in [0.25, 0.3) is 0 Å². The van der Waals surface area contributed by atoms with E-state index in [9.17, 15) is 8.78 Å². The molecular formula is C12H14BrF2NO. The summed E-state index contributed by atoms with van der Waals surface area (Å²) in [5, 5.41) is 3.20. The number of ether oxygens (including phenoxy) is 1. The van der Waals surface area contributed by atoms with Crippen molar-refractivity contribution in [3.8, 4) is 5.75 Å². The number of benzene rings is 1. The fraction of sp³-hybridized carbons (Fsp3) is 0.500. The molecule has 17 heavy (non-hydrogen) atoms. The number of hydrogen-bond donors (Lipinski definition) is 1. The summed E-state index contributed by atoms with van der Waals surface area (Å²) >= 11 is 3.21. The molecule has 2 rings (SSSR count). The summed E-state index contributed by atoms with van der Waals surface area (Å²) in [7, 11) is 1.33. The van der Waals surface area contributed by atoms with Crippen molar-refractivity contribution in [2.24, 2.45) is 0 Å². The maximum absolute atomic E-state index is 13.9. The third-order valence-electron chi connectivity index (χ3n) is 3.13. The Morgan fingerprint density at radius 1 is 1.29 bits per heavy atom. The third kappa shape index (κ3) is 2.45. The number of halogens is 3. The van der Waals surface area contributed by atoms with E-state index in [0.29, 0.717) is 10.0 Å². The molecule has 1 aliphatic rings. The molecule has 0 aliphatic carbocycles. The molecule has 2 nitrogen and oxygen atoms in total. The Hall–Kier alpha value is -0.680. The standard InChI is InChI=1S/C12H14BrF2NO/c1-17-12-9(13)6-8(10(14)11(12)15)7-2-4-16-5-3-7/h6-7,16H,2-5H2,1H3. The average Bonchev–Trinajstić information content (AvgIpc) is 2.35. The number of piperidine rings is 1. The lowest BCUT2D eigenvalue weighted by atomic mass is 9.89. The smallest absolute Gasteiger partial charge is 0.202 e. The van der Waals surface area contributed by atoms with Crippen molar-refractivity contribution in [1.82, 2.24) is 5.32 Å². The van der Waals surface area contributed by atoms with Crippen LogP contribution in [0, 0.1) is 11.6 Å². The van der Waals surface area contributed by atoms with Crippen LogP contribution in [0.5, 0.6) is 5.75 Å². The van der Waals surface area contributed by atoms with Crippen molar-refractivity contribution in [2.75, 3.05) is 20.2 Å². The second kappa shape index (κ2) is 5.31. The molecule has 0 unspecified atom stereocenters. The first-order valence-electron chi connectivity index (χ1n) is 5.57. The van der Waals surface area contributed by atoms with E-state index in [1.807, 2.05) is 0 Å². The van der Waals surface area contributed by atoms with Crippen LogP contribution in [0.15, 0.2) is 10.5 Å². The highest BCUT2D eigenvalue weighted by atomic mass is 79.9. The van der Waals surface area contributed by atoms with Gasteiger partial charge in [-0.2, -0.15) is 4.39 Å². The summed E-state index contributed by atoms with van der Waals surface area (Å²) in [6.45, 7) is 1.69. The normalized spacial score (nSPS) is 17.2. The first-order valence-corrected chi connectivity index (χ1v) is 6.36. The Bertz CT molecular complexity index is 419. The average molecular weight is 306 g/mol. The fourth-order valence-corrected chi connectivity index (χ4v) is 2.80. The molecule has 1 fully saturated rings. The topological polar surface area (TPSA) is 21.3 Å². The van der Waals surface area contributed by atoms with Gasteiger partial charge in [0.2, 0.25) is 5.82 Å². The van der Waals surface area contributed by atoms with Gasteiger partial charge in [0.1, 0.15) is 0 Å². The van der Waals surface area contributed by atoms with E-state index < -0.39 is 11.6 Å². The molecule has 0 saturated carbocycles. The molecule has 0 radical (unpaired) electrons. The summed E-state index contributed by atoms with van der Waals surface area (Å²) < 4.78 is 32.9. The predicted molar refractivity (Wildman–Crippen MR) is 65.5 cm³/mol. The quantitative estimate of drug-likeness (QED) is 0.847. The highest BCUT2D eigenvalue weighted by molar-refractivity contribution is 9.10. The van der Waals surface area contributed by atoms with Gasteiger partial charge < -0.3 is 10.1 Å². The number of methoxy groups -OCH3 is 1. The van der Waals surface area contributed by atoms with Crippen molar-refractivity contribution in [3.63, 3.8) is 0 Å². The highest BCUT2D eigenvalue weighted by Gasteiger charge is 2.24. The Kier molecular flexibility index (Phi) is 3.99. The van der Waals surface area contributed by atoms with Gasteiger partial charge >= 0.3 is 0 Å². The monoisotopic (exact) mass is 305 g/mol. The largest absolute Gasteiger partial charge is 0.492 e. The van der Waals surface area contributed by atoms with Crippen LogP contribution >= 0.6 is 15.9 Å². The van der Waals surface area contributed by atoms with Crippen molar-refractivity contribution in [3.05, 3.63) is 27.7 Å². The summed E-state index contributed by atoms with van der Waals surface area (Å²) in [6.07, 6.45) is 1.66. The van der Waals surface area contributed by atoms with E-state index >= 15 is 0 Å².